The van der Waals surface area contributed by atoms with Crippen molar-refractivity contribution in [2.24, 2.45) is 7.05 Å². The van der Waals surface area contributed by atoms with Gasteiger partial charge in [-0.2, -0.15) is 10.1 Å². The number of hydrogen-bond acceptors (Lipinski definition) is 6. The molecule has 0 saturated carbocycles. The first-order chi connectivity index (χ1) is 12.3. The predicted molar refractivity (Wildman–Crippen MR) is 94.9 cm³/mol. The fraction of sp³-hybridized carbons (Fsp3) is 0.647. The van der Waals surface area contributed by atoms with Gasteiger partial charge in [-0.3, -0.25) is 10.00 Å². The summed E-state index contributed by atoms with van der Waals surface area (Å²) >= 11 is 0. The molecule has 26 heavy (non-hydrogen) atoms. The lowest BCUT2D eigenvalue weighted by molar-refractivity contribution is 0.0835. The molecule has 0 aromatic carbocycles. The average Bonchev–Trinajstić information content (AvgIpc) is 3.28. The van der Waals surface area contributed by atoms with E-state index in [2.05, 4.69) is 46.6 Å². The molecule has 1 aliphatic heterocycles. The van der Waals surface area contributed by atoms with E-state index in [-0.39, 0.29) is 17.6 Å². The minimum Gasteiger partial charge on any atom is -0.368 e. The average molecular weight is 362 g/mol. The van der Waals surface area contributed by atoms with E-state index in [0.29, 0.717) is 30.5 Å². The van der Waals surface area contributed by atoms with Crippen LogP contribution in [0.25, 0.3) is 0 Å². The monoisotopic (exact) mass is 362 g/mol. The van der Waals surface area contributed by atoms with Crippen LogP contribution in [0, 0.1) is 0 Å². The number of aromatic nitrogens is 4. The summed E-state index contributed by atoms with van der Waals surface area (Å²) in [5.41, 5.74) is 0.844. The smallest absolute Gasteiger partial charge is 0.320 e. The fourth-order valence-electron chi connectivity index (χ4n) is 2.67. The number of carbonyl (C=O) groups excluding carboxylic acids is 1. The highest BCUT2D eigenvalue weighted by Crippen LogP contribution is 2.27. The quantitative estimate of drug-likeness (QED) is 0.845. The Kier molecular flexibility index (Phi) is 5.26. The third-order valence-electron chi connectivity index (χ3n) is 4.21. The summed E-state index contributed by atoms with van der Waals surface area (Å²) in [5.74, 6) is 1.73. The number of anilines is 1. The lowest BCUT2D eigenvalue weighted by Gasteiger charge is -2.13. The van der Waals surface area contributed by atoms with Crippen LogP contribution in [-0.2, 0) is 23.6 Å². The Morgan fingerprint density at radius 2 is 2.23 bits per heavy atom. The highest BCUT2D eigenvalue weighted by Gasteiger charge is 2.24. The molecule has 3 heterocycles. The maximum absolute atomic E-state index is 12.1. The minimum atomic E-state index is -0.295. The zero-order valence-electron chi connectivity index (χ0n) is 15.7. The molecule has 1 aliphatic rings. The van der Waals surface area contributed by atoms with Gasteiger partial charge in [0, 0.05) is 38.1 Å². The molecule has 3 rings (SSSR count). The SMILES string of the molecule is Cn1nc(C(C)(C)C)cc1NC(=O)NCCc1noc([C@@H]2CCCO2)n1. The highest BCUT2D eigenvalue weighted by atomic mass is 16.5. The van der Waals surface area contributed by atoms with Gasteiger partial charge in [-0.1, -0.05) is 25.9 Å². The van der Waals surface area contributed by atoms with Crippen molar-refractivity contribution >= 4 is 11.8 Å². The second kappa shape index (κ2) is 7.45. The van der Waals surface area contributed by atoms with Gasteiger partial charge in [0.1, 0.15) is 11.9 Å². The molecule has 9 heteroatoms. The van der Waals surface area contributed by atoms with E-state index in [1.54, 1.807) is 11.7 Å². The van der Waals surface area contributed by atoms with Crippen molar-refractivity contribution in [2.45, 2.75) is 51.6 Å². The lowest BCUT2D eigenvalue weighted by Crippen LogP contribution is -2.31. The van der Waals surface area contributed by atoms with E-state index in [4.69, 9.17) is 9.26 Å². The van der Waals surface area contributed by atoms with E-state index < -0.39 is 0 Å². The molecule has 2 aromatic rings. The molecule has 1 atom stereocenters. The van der Waals surface area contributed by atoms with E-state index in [1.807, 2.05) is 6.07 Å². The molecule has 0 radical (unpaired) electrons. The van der Waals surface area contributed by atoms with E-state index >= 15 is 0 Å². The van der Waals surface area contributed by atoms with Crippen molar-refractivity contribution in [1.29, 1.82) is 0 Å². The molecule has 2 amide bonds. The van der Waals surface area contributed by atoms with Gasteiger partial charge < -0.3 is 14.6 Å². The standard InChI is InChI=1S/C17H26N6O3/c1-17(2,3)12-10-14(23(4)21-12)20-16(24)18-8-7-13-19-15(26-22-13)11-6-5-9-25-11/h10-11H,5-9H2,1-4H3,(H2,18,20,24)/t11-/m0/s1. The van der Waals surface area contributed by atoms with Crippen molar-refractivity contribution in [3.8, 4) is 0 Å². The Morgan fingerprint density at radius 1 is 1.42 bits per heavy atom. The van der Waals surface area contributed by atoms with Crippen molar-refractivity contribution in [2.75, 3.05) is 18.5 Å². The van der Waals surface area contributed by atoms with Crippen molar-refractivity contribution < 1.29 is 14.1 Å². The second-order valence-electron chi connectivity index (χ2n) is 7.47. The first kappa shape index (κ1) is 18.4. The van der Waals surface area contributed by atoms with Crippen LogP contribution in [0.5, 0.6) is 0 Å². The number of urea groups is 1. The Bertz CT molecular complexity index is 755. The molecule has 1 saturated heterocycles. The number of amides is 2. The van der Waals surface area contributed by atoms with Crippen LogP contribution in [0.1, 0.15) is 57.1 Å². The predicted octanol–water partition coefficient (Wildman–Crippen LogP) is 2.32. The summed E-state index contributed by atoms with van der Waals surface area (Å²) in [4.78, 5) is 16.4. The van der Waals surface area contributed by atoms with Gasteiger partial charge in [0.05, 0.1) is 5.69 Å². The van der Waals surface area contributed by atoms with Crippen LogP contribution in [0.2, 0.25) is 0 Å². The topological polar surface area (TPSA) is 107 Å². The third-order valence-corrected chi connectivity index (χ3v) is 4.21. The largest absolute Gasteiger partial charge is 0.368 e. The summed E-state index contributed by atoms with van der Waals surface area (Å²) in [7, 11) is 1.80. The Labute approximate surface area is 152 Å². The first-order valence-corrected chi connectivity index (χ1v) is 8.86. The van der Waals surface area contributed by atoms with Gasteiger partial charge in [0.15, 0.2) is 5.82 Å². The van der Waals surface area contributed by atoms with Crippen LogP contribution in [0.3, 0.4) is 0 Å². The zero-order valence-corrected chi connectivity index (χ0v) is 15.7. The van der Waals surface area contributed by atoms with Gasteiger partial charge in [0.25, 0.3) is 5.89 Å². The number of aryl methyl sites for hydroxylation is 1. The van der Waals surface area contributed by atoms with Crippen LogP contribution in [0.15, 0.2) is 10.6 Å². The number of hydrogen-bond donors (Lipinski definition) is 2. The molecule has 2 aromatic heterocycles. The Balaban J connectivity index is 1.46. The fourth-order valence-corrected chi connectivity index (χ4v) is 2.67. The van der Waals surface area contributed by atoms with Gasteiger partial charge in [-0.05, 0) is 12.8 Å². The third kappa shape index (κ3) is 4.40. The van der Waals surface area contributed by atoms with E-state index in [0.717, 1.165) is 25.1 Å². The maximum Gasteiger partial charge on any atom is 0.320 e. The molecule has 0 spiro atoms. The van der Waals surface area contributed by atoms with Crippen LogP contribution in [-0.4, -0.2) is 39.1 Å². The first-order valence-electron chi connectivity index (χ1n) is 8.86. The normalized spacial score (nSPS) is 17.5. The van der Waals surface area contributed by atoms with Gasteiger partial charge in [-0.25, -0.2) is 4.79 Å². The Morgan fingerprint density at radius 3 is 2.88 bits per heavy atom. The molecule has 2 N–H and O–H groups in total. The van der Waals surface area contributed by atoms with E-state index in [9.17, 15) is 4.79 Å². The molecule has 0 aliphatic carbocycles. The summed E-state index contributed by atoms with van der Waals surface area (Å²) in [6.07, 6.45) is 2.32. The summed E-state index contributed by atoms with van der Waals surface area (Å²) in [6.45, 7) is 7.37. The number of carbonyl (C=O) groups is 1. The number of nitrogens with zero attached hydrogens (tertiary/aromatic N) is 4. The maximum atomic E-state index is 12.1. The number of rotatable bonds is 5. The van der Waals surface area contributed by atoms with Gasteiger partial charge >= 0.3 is 6.03 Å². The molecule has 0 bridgehead atoms. The van der Waals surface area contributed by atoms with Crippen LogP contribution >= 0.6 is 0 Å². The molecular weight excluding hydrogens is 336 g/mol. The number of ether oxygens (including phenoxy) is 1. The van der Waals surface area contributed by atoms with Crippen molar-refractivity contribution in [3.05, 3.63) is 23.5 Å². The lowest BCUT2D eigenvalue weighted by atomic mass is 9.92. The number of nitrogens with one attached hydrogen (secondary N) is 2. The summed E-state index contributed by atoms with van der Waals surface area (Å²) < 4.78 is 12.4. The second-order valence-corrected chi connectivity index (χ2v) is 7.47. The molecule has 9 nitrogen and oxygen atoms in total. The molecule has 0 unspecified atom stereocenters. The molecule has 142 valence electrons. The van der Waals surface area contributed by atoms with Crippen LogP contribution < -0.4 is 10.6 Å². The van der Waals surface area contributed by atoms with Gasteiger partial charge in [-0.15, -0.1) is 0 Å². The van der Waals surface area contributed by atoms with Gasteiger partial charge in [0.2, 0.25) is 0 Å². The highest BCUT2D eigenvalue weighted by molar-refractivity contribution is 5.88. The Hall–Kier alpha value is -2.42. The molecular formula is C17H26N6O3. The minimum absolute atomic E-state index is 0.0759. The van der Waals surface area contributed by atoms with Crippen molar-refractivity contribution in [1.82, 2.24) is 25.2 Å². The van der Waals surface area contributed by atoms with Crippen molar-refractivity contribution in [3.63, 3.8) is 0 Å². The van der Waals surface area contributed by atoms with Crippen LogP contribution in [0.4, 0.5) is 10.6 Å². The summed E-state index contributed by atoms with van der Waals surface area (Å²) in [5, 5.41) is 14.0. The molecule has 1 fully saturated rings. The zero-order chi connectivity index (χ0) is 18.7. The summed E-state index contributed by atoms with van der Waals surface area (Å²) in [6, 6.07) is 1.59. The van der Waals surface area contributed by atoms with E-state index in [1.165, 1.54) is 0 Å².